The third kappa shape index (κ3) is 2.12. The largest absolute Gasteiger partial charge is 0.508 e. The number of hydrogen-bond donors (Lipinski definition) is 1. The van der Waals surface area contributed by atoms with E-state index in [0.29, 0.717) is 5.56 Å². The highest BCUT2D eigenvalue weighted by atomic mass is 16.5. The lowest BCUT2D eigenvalue weighted by Crippen LogP contribution is -2.11. The lowest BCUT2D eigenvalue weighted by molar-refractivity contribution is -0.133. The summed E-state index contributed by atoms with van der Waals surface area (Å²) in [6, 6.07) is 11.7. The first kappa shape index (κ1) is 13.2. The van der Waals surface area contributed by atoms with Gasteiger partial charge in [-0.15, -0.1) is 0 Å². The van der Waals surface area contributed by atoms with E-state index < -0.39 is 17.9 Å². The van der Waals surface area contributed by atoms with E-state index in [2.05, 4.69) is 4.74 Å². The summed E-state index contributed by atoms with van der Waals surface area (Å²) in [7, 11) is 1.23. The van der Waals surface area contributed by atoms with E-state index in [1.807, 2.05) is 18.2 Å². The maximum atomic E-state index is 12.2. The van der Waals surface area contributed by atoms with Crippen LogP contribution in [-0.2, 0) is 9.53 Å². The molecule has 21 heavy (non-hydrogen) atoms. The highest BCUT2D eigenvalue weighted by molar-refractivity contribution is 5.99. The normalized spacial score (nSPS) is 16.2. The van der Waals surface area contributed by atoms with Crippen molar-refractivity contribution in [3.8, 4) is 11.5 Å². The fourth-order valence-electron chi connectivity index (χ4n) is 2.47. The lowest BCUT2D eigenvalue weighted by Gasteiger charge is -2.09. The van der Waals surface area contributed by atoms with Gasteiger partial charge in [0.05, 0.1) is 7.11 Å². The summed E-state index contributed by atoms with van der Waals surface area (Å²) in [4.78, 5) is 23.9. The molecule has 106 valence electrons. The highest BCUT2D eigenvalue weighted by Crippen LogP contribution is 2.43. The Kier molecular flexibility index (Phi) is 3.10. The molecule has 5 nitrogen and oxygen atoms in total. The standard InChI is InChI=1S/C16H12O5/c1-20-15(18)12-8-10(17)7-11-13(16(19)21-14(11)12)9-5-3-2-4-6-9/h2-8,13,17H,1H3. The van der Waals surface area contributed by atoms with Crippen molar-refractivity contribution in [2.24, 2.45) is 0 Å². The van der Waals surface area contributed by atoms with Crippen LogP contribution in [0.25, 0.3) is 0 Å². The van der Waals surface area contributed by atoms with Crippen molar-refractivity contribution in [1.82, 2.24) is 0 Å². The molecule has 1 aliphatic rings. The number of carbonyl (C=O) groups excluding carboxylic acids is 2. The molecular weight excluding hydrogens is 272 g/mol. The Labute approximate surface area is 120 Å². The smallest absolute Gasteiger partial charge is 0.341 e. The van der Waals surface area contributed by atoms with Crippen LogP contribution in [0.4, 0.5) is 0 Å². The quantitative estimate of drug-likeness (QED) is 0.676. The second-order valence-electron chi connectivity index (χ2n) is 4.67. The van der Waals surface area contributed by atoms with Crippen LogP contribution in [0, 0.1) is 0 Å². The van der Waals surface area contributed by atoms with Gasteiger partial charge in [0.2, 0.25) is 0 Å². The summed E-state index contributed by atoms with van der Waals surface area (Å²) in [5, 5.41) is 9.80. The molecule has 0 spiro atoms. The van der Waals surface area contributed by atoms with E-state index >= 15 is 0 Å². The molecule has 0 radical (unpaired) electrons. The number of ether oxygens (including phenoxy) is 2. The van der Waals surface area contributed by atoms with Crippen molar-refractivity contribution >= 4 is 11.9 Å². The number of rotatable bonds is 2. The van der Waals surface area contributed by atoms with E-state index in [1.165, 1.54) is 19.2 Å². The summed E-state index contributed by atoms with van der Waals surface area (Å²) in [6.45, 7) is 0. The molecule has 1 heterocycles. The number of carbonyl (C=O) groups is 2. The van der Waals surface area contributed by atoms with Crippen LogP contribution >= 0.6 is 0 Å². The molecule has 0 aromatic heterocycles. The molecule has 1 aliphatic heterocycles. The van der Waals surface area contributed by atoms with Crippen LogP contribution in [0.5, 0.6) is 11.5 Å². The first-order chi connectivity index (χ1) is 10.1. The summed E-state index contributed by atoms with van der Waals surface area (Å²) in [6.07, 6.45) is 0. The van der Waals surface area contributed by atoms with Crippen LogP contribution in [-0.4, -0.2) is 24.2 Å². The van der Waals surface area contributed by atoms with Crippen LogP contribution in [0.2, 0.25) is 0 Å². The molecule has 2 aromatic rings. The Morgan fingerprint density at radius 1 is 1.24 bits per heavy atom. The van der Waals surface area contributed by atoms with Gasteiger partial charge in [-0.1, -0.05) is 30.3 Å². The van der Waals surface area contributed by atoms with Gasteiger partial charge in [0, 0.05) is 5.56 Å². The van der Waals surface area contributed by atoms with Crippen molar-refractivity contribution in [1.29, 1.82) is 0 Å². The zero-order chi connectivity index (χ0) is 15.0. The highest BCUT2D eigenvalue weighted by Gasteiger charge is 2.38. The molecule has 1 unspecified atom stereocenters. The number of fused-ring (bicyclic) bond motifs is 1. The van der Waals surface area contributed by atoms with Crippen molar-refractivity contribution in [3.63, 3.8) is 0 Å². The average molecular weight is 284 g/mol. The first-order valence-corrected chi connectivity index (χ1v) is 6.33. The average Bonchev–Trinajstić information content (AvgIpc) is 2.82. The summed E-state index contributed by atoms with van der Waals surface area (Å²) in [5.41, 5.74) is 1.24. The second-order valence-corrected chi connectivity index (χ2v) is 4.67. The van der Waals surface area contributed by atoms with Gasteiger partial charge in [0.15, 0.2) is 0 Å². The first-order valence-electron chi connectivity index (χ1n) is 6.33. The lowest BCUT2D eigenvalue weighted by atomic mass is 9.91. The Morgan fingerprint density at radius 2 is 1.95 bits per heavy atom. The van der Waals surface area contributed by atoms with E-state index in [-0.39, 0.29) is 17.1 Å². The van der Waals surface area contributed by atoms with Crippen molar-refractivity contribution in [2.45, 2.75) is 5.92 Å². The molecule has 0 aliphatic carbocycles. The number of phenols is 1. The zero-order valence-corrected chi connectivity index (χ0v) is 11.2. The predicted octanol–water partition coefficient (Wildman–Crippen LogP) is 2.23. The molecule has 1 N–H and O–H groups in total. The topological polar surface area (TPSA) is 72.8 Å². The van der Waals surface area contributed by atoms with Gasteiger partial charge in [-0.05, 0) is 17.7 Å². The van der Waals surface area contributed by atoms with E-state index in [9.17, 15) is 14.7 Å². The van der Waals surface area contributed by atoms with Crippen molar-refractivity contribution < 1.29 is 24.2 Å². The number of aromatic hydroxyl groups is 1. The fraction of sp³-hybridized carbons (Fsp3) is 0.125. The molecular formula is C16H12O5. The van der Waals surface area contributed by atoms with Crippen LogP contribution in [0.3, 0.4) is 0 Å². The minimum absolute atomic E-state index is 0.0410. The zero-order valence-electron chi connectivity index (χ0n) is 11.2. The molecule has 2 aromatic carbocycles. The van der Waals surface area contributed by atoms with E-state index in [0.717, 1.165) is 5.56 Å². The number of phenolic OH excluding ortho intramolecular Hbond substituents is 1. The SMILES string of the molecule is COC(=O)c1cc(O)cc2c1OC(=O)C2c1ccccc1. The molecule has 5 heteroatoms. The van der Waals surface area contributed by atoms with Gasteiger partial charge < -0.3 is 14.6 Å². The molecule has 0 saturated carbocycles. The Balaban J connectivity index is 2.18. The van der Waals surface area contributed by atoms with Gasteiger partial charge in [0.1, 0.15) is 23.0 Å². The second kappa shape index (κ2) is 4.94. The van der Waals surface area contributed by atoms with Gasteiger partial charge in [-0.3, -0.25) is 4.79 Å². The third-order valence-electron chi connectivity index (χ3n) is 3.39. The van der Waals surface area contributed by atoms with Gasteiger partial charge >= 0.3 is 11.9 Å². The molecule has 0 fully saturated rings. The molecule has 0 bridgehead atoms. The molecule has 0 amide bonds. The van der Waals surface area contributed by atoms with Gasteiger partial charge in [-0.2, -0.15) is 0 Å². The minimum atomic E-state index is -0.663. The maximum Gasteiger partial charge on any atom is 0.341 e. The van der Waals surface area contributed by atoms with E-state index in [1.54, 1.807) is 12.1 Å². The fourth-order valence-corrected chi connectivity index (χ4v) is 2.47. The van der Waals surface area contributed by atoms with Gasteiger partial charge in [0.25, 0.3) is 0 Å². The summed E-state index contributed by atoms with van der Waals surface area (Å²) >= 11 is 0. The maximum absolute atomic E-state index is 12.2. The number of esters is 2. The van der Waals surface area contributed by atoms with Crippen LogP contribution < -0.4 is 4.74 Å². The number of methoxy groups -OCH3 is 1. The Bertz CT molecular complexity index is 721. The summed E-state index contributed by atoms with van der Waals surface area (Å²) < 4.78 is 9.88. The Hall–Kier alpha value is -2.82. The Morgan fingerprint density at radius 3 is 2.62 bits per heavy atom. The van der Waals surface area contributed by atoms with Crippen molar-refractivity contribution in [3.05, 3.63) is 59.2 Å². The number of benzene rings is 2. The third-order valence-corrected chi connectivity index (χ3v) is 3.39. The van der Waals surface area contributed by atoms with E-state index in [4.69, 9.17) is 4.74 Å². The predicted molar refractivity (Wildman–Crippen MR) is 73.4 cm³/mol. The monoisotopic (exact) mass is 284 g/mol. The van der Waals surface area contributed by atoms with Gasteiger partial charge in [-0.25, -0.2) is 4.79 Å². The van der Waals surface area contributed by atoms with Crippen molar-refractivity contribution in [2.75, 3.05) is 7.11 Å². The van der Waals surface area contributed by atoms with Crippen LogP contribution in [0.15, 0.2) is 42.5 Å². The summed E-state index contributed by atoms with van der Waals surface area (Å²) in [5.74, 6) is -1.76. The number of hydrogen-bond acceptors (Lipinski definition) is 5. The molecule has 1 atom stereocenters. The minimum Gasteiger partial charge on any atom is -0.508 e. The van der Waals surface area contributed by atoms with Crippen LogP contribution in [0.1, 0.15) is 27.4 Å². The molecule has 3 rings (SSSR count). The molecule has 0 saturated heterocycles.